The molecule has 1 aromatic carbocycles. The fourth-order valence-electron chi connectivity index (χ4n) is 2.66. The van der Waals surface area contributed by atoms with Crippen LogP contribution in [0.5, 0.6) is 0 Å². The van der Waals surface area contributed by atoms with E-state index in [0.717, 1.165) is 31.0 Å². The van der Waals surface area contributed by atoms with Gasteiger partial charge in [-0.05, 0) is 63.5 Å². The number of benzene rings is 1. The van der Waals surface area contributed by atoms with E-state index in [1.54, 1.807) is 12.1 Å². The predicted molar refractivity (Wildman–Crippen MR) is 92.6 cm³/mol. The second kappa shape index (κ2) is 8.59. The summed E-state index contributed by atoms with van der Waals surface area (Å²) in [4.78, 5) is 2.56. The van der Waals surface area contributed by atoms with Crippen LogP contribution in [0.2, 0.25) is 15.1 Å². The van der Waals surface area contributed by atoms with Gasteiger partial charge in [-0.3, -0.25) is 0 Å². The summed E-state index contributed by atoms with van der Waals surface area (Å²) in [6.45, 7) is 7.62. The minimum absolute atomic E-state index is 0.556. The lowest BCUT2D eigenvalue weighted by Crippen LogP contribution is -2.34. The Labute approximate surface area is 142 Å². The van der Waals surface area contributed by atoms with Gasteiger partial charge in [0.05, 0.1) is 10.0 Å². The Bertz CT molecular complexity index is 457. The number of hydrogen-bond acceptors (Lipinski definition) is 2. The molecule has 5 heteroatoms. The molecule has 1 fully saturated rings. The van der Waals surface area contributed by atoms with E-state index >= 15 is 0 Å². The molecule has 0 radical (unpaired) electrons. The van der Waals surface area contributed by atoms with E-state index in [4.69, 9.17) is 34.8 Å². The van der Waals surface area contributed by atoms with Gasteiger partial charge < -0.3 is 10.2 Å². The van der Waals surface area contributed by atoms with Crippen LogP contribution in [-0.4, -0.2) is 31.1 Å². The lowest BCUT2D eigenvalue weighted by atomic mass is 9.99. The Morgan fingerprint density at radius 1 is 1.14 bits per heavy atom. The maximum atomic E-state index is 6.18. The van der Waals surface area contributed by atoms with Crippen molar-refractivity contribution in [3.63, 3.8) is 0 Å². The van der Waals surface area contributed by atoms with Gasteiger partial charge in [-0.25, -0.2) is 0 Å². The van der Waals surface area contributed by atoms with E-state index in [9.17, 15) is 0 Å². The lowest BCUT2D eigenvalue weighted by molar-refractivity contribution is 0.190. The van der Waals surface area contributed by atoms with E-state index in [1.165, 1.54) is 25.9 Å². The number of hydrogen-bond donors (Lipinski definition) is 1. The van der Waals surface area contributed by atoms with E-state index in [2.05, 4.69) is 17.1 Å². The molecule has 1 N–H and O–H groups in total. The lowest BCUT2D eigenvalue weighted by Gasteiger charge is -2.30. The average molecular weight is 350 g/mol. The van der Waals surface area contributed by atoms with Crippen LogP contribution in [-0.2, 0) is 6.54 Å². The number of likely N-dealkylation sites (tertiary alicyclic amines) is 1. The zero-order chi connectivity index (χ0) is 15.2. The fourth-order valence-corrected chi connectivity index (χ4v) is 3.34. The maximum Gasteiger partial charge on any atom is 0.0652 e. The molecule has 118 valence electrons. The summed E-state index contributed by atoms with van der Waals surface area (Å²) < 4.78 is 0. The molecule has 1 heterocycles. The molecule has 0 saturated carbocycles. The molecule has 0 aliphatic carbocycles. The monoisotopic (exact) mass is 348 g/mol. The normalized spacial score (nSPS) is 17.3. The number of nitrogens with one attached hydrogen (secondary N) is 1. The quantitative estimate of drug-likeness (QED) is 0.583. The van der Waals surface area contributed by atoms with Crippen LogP contribution in [0.25, 0.3) is 0 Å². The van der Waals surface area contributed by atoms with Crippen molar-refractivity contribution in [1.82, 2.24) is 10.2 Å². The van der Waals surface area contributed by atoms with Crippen molar-refractivity contribution >= 4 is 34.8 Å². The zero-order valence-corrected chi connectivity index (χ0v) is 14.7. The molecule has 0 amide bonds. The first kappa shape index (κ1) is 17.4. The number of piperidine rings is 1. The van der Waals surface area contributed by atoms with E-state index in [1.807, 2.05) is 0 Å². The first-order valence-electron chi connectivity index (χ1n) is 7.63. The highest BCUT2D eigenvalue weighted by Gasteiger charge is 2.14. The smallest absolute Gasteiger partial charge is 0.0652 e. The molecule has 0 bridgehead atoms. The summed E-state index contributed by atoms with van der Waals surface area (Å²) in [5, 5.41) is 5.19. The van der Waals surface area contributed by atoms with Crippen molar-refractivity contribution in [3.05, 3.63) is 32.8 Å². The highest BCUT2D eigenvalue weighted by atomic mass is 35.5. The van der Waals surface area contributed by atoms with Gasteiger partial charge in [0.15, 0.2) is 0 Å². The van der Waals surface area contributed by atoms with Gasteiger partial charge in [0.2, 0.25) is 0 Å². The van der Waals surface area contributed by atoms with Crippen molar-refractivity contribution in [2.75, 3.05) is 26.2 Å². The van der Waals surface area contributed by atoms with Gasteiger partial charge >= 0.3 is 0 Å². The van der Waals surface area contributed by atoms with Crippen molar-refractivity contribution in [3.8, 4) is 0 Å². The molecule has 1 aromatic rings. The molecule has 0 unspecified atom stereocenters. The molecule has 21 heavy (non-hydrogen) atoms. The first-order valence-corrected chi connectivity index (χ1v) is 8.76. The van der Waals surface area contributed by atoms with Crippen molar-refractivity contribution in [2.24, 2.45) is 5.92 Å². The molecule has 0 spiro atoms. The Hall–Kier alpha value is 0.01000. The molecule has 1 saturated heterocycles. The predicted octanol–water partition coefficient (Wildman–Crippen LogP) is 4.86. The minimum Gasteiger partial charge on any atom is -0.313 e. The Morgan fingerprint density at radius 2 is 1.81 bits per heavy atom. The van der Waals surface area contributed by atoms with E-state index in [-0.39, 0.29) is 0 Å². The van der Waals surface area contributed by atoms with Gasteiger partial charge in [0.1, 0.15) is 0 Å². The summed E-state index contributed by atoms with van der Waals surface area (Å²) in [6.07, 6.45) is 3.81. The summed E-state index contributed by atoms with van der Waals surface area (Å²) in [7, 11) is 0. The third-order valence-corrected chi connectivity index (χ3v) is 5.34. The molecule has 0 aromatic heterocycles. The number of rotatable bonds is 6. The molecule has 0 atom stereocenters. The molecule has 2 nitrogen and oxygen atoms in total. The zero-order valence-electron chi connectivity index (χ0n) is 12.5. The van der Waals surface area contributed by atoms with Gasteiger partial charge in [-0.2, -0.15) is 0 Å². The van der Waals surface area contributed by atoms with Gasteiger partial charge in [-0.1, -0.05) is 41.7 Å². The number of nitrogens with zero attached hydrogens (tertiary/aromatic N) is 1. The summed E-state index contributed by atoms with van der Waals surface area (Å²) >= 11 is 18.4. The van der Waals surface area contributed by atoms with Crippen LogP contribution >= 0.6 is 34.8 Å². The van der Waals surface area contributed by atoms with Crippen molar-refractivity contribution < 1.29 is 0 Å². The Kier molecular flexibility index (Phi) is 7.11. The second-order valence-electron chi connectivity index (χ2n) is 5.88. The maximum absolute atomic E-state index is 6.18. The largest absolute Gasteiger partial charge is 0.313 e. The van der Waals surface area contributed by atoms with Crippen LogP contribution in [0.3, 0.4) is 0 Å². The minimum atomic E-state index is 0.556. The molecular weight excluding hydrogens is 327 g/mol. The van der Waals surface area contributed by atoms with E-state index < -0.39 is 0 Å². The fraction of sp³-hybridized carbons (Fsp3) is 0.625. The molecule has 1 aliphatic heterocycles. The molecular formula is C16H23Cl3N2. The summed E-state index contributed by atoms with van der Waals surface area (Å²) in [5.74, 6) is 0.895. The summed E-state index contributed by atoms with van der Waals surface area (Å²) in [5.41, 5.74) is 0.887. The van der Waals surface area contributed by atoms with Crippen molar-refractivity contribution in [2.45, 2.75) is 32.7 Å². The van der Waals surface area contributed by atoms with Crippen LogP contribution < -0.4 is 5.32 Å². The van der Waals surface area contributed by atoms with Crippen LogP contribution in [0.15, 0.2) is 12.1 Å². The van der Waals surface area contributed by atoms with Gasteiger partial charge in [0.25, 0.3) is 0 Å². The van der Waals surface area contributed by atoms with E-state index in [0.29, 0.717) is 21.6 Å². The number of halogens is 3. The average Bonchev–Trinajstić information content (AvgIpc) is 2.48. The van der Waals surface area contributed by atoms with Crippen LogP contribution in [0.1, 0.15) is 31.7 Å². The van der Waals surface area contributed by atoms with Crippen LogP contribution in [0.4, 0.5) is 0 Å². The summed E-state index contributed by atoms with van der Waals surface area (Å²) in [6, 6.07) is 3.52. The topological polar surface area (TPSA) is 15.3 Å². The SMILES string of the molecule is CC1CCN(CCCNCc2c(Cl)ccc(Cl)c2Cl)CC1. The molecule has 1 aliphatic rings. The van der Waals surface area contributed by atoms with Crippen molar-refractivity contribution in [1.29, 1.82) is 0 Å². The standard InChI is InChI=1S/C16H23Cl3N2/c1-12-5-9-21(10-6-12)8-2-7-20-11-13-14(17)3-4-15(18)16(13)19/h3-4,12,20H,2,5-11H2,1H3. The van der Waals surface area contributed by atoms with Gasteiger partial charge in [-0.15, -0.1) is 0 Å². The van der Waals surface area contributed by atoms with Crippen LogP contribution in [0, 0.1) is 5.92 Å². The molecule has 2 rings (SSSR count). The third-order valence-electron chi connectivity index (χ3n) is 4.14. The highest BCUT2D eigenvalue weighted by Crippen LogP contribution is 2.31. The Morgan fingerprint density at radius 3 is 2.52 bits per heavy atom. The first-order chi connectivity index (χ1) is 10.1. The highest BCUT2D eigenvalue weighted by molar-refractivity contribution is 6.44. The Balaban J connectivity index is 1.67. The van der Waals surface area contributed by atoms with Gasteiger partial charge in [0, 0.05) is 17.1 Å². The second-order valence-corrected chi connectivity index (χ2v) is 7.07. The third kappa shape index (κ3) is 5.30.